The van der Waals surface area contributed by atoms with Crippen LogP contribution in [0.1, 0.15) is 24.5 Å². The van der Waals surface area contributed by atoms with Gasteiger partial charge in [-0.25, -0.2) is 4.39 Å². The van der Waals surface area contributed by atoms with Gasteiger partial charge in [0.1, 0.15) is 11.6 Å². The van der Waals surface area contributed by atoms with Crippen LogP contribution >= 0.6 is 11.6 Å². The highest BCUT2D eigenvalue weighted by molar-refractivity contribution is 6.31. The van der Waals surface area contributed by atoms with E-state index in [1.807, 2.05) is 25.1 Å². The summed E-state index contributed by atoms with van der Waals surface area (Å²) < 4.78 is 18.8. The lowest BCUT2D eigenvalue weighted by molar-refractivity contribution is 0.318. The molecular formula is C17H19ClFNO. The van der Waals surface area contributed by atoms with Crippen molar-refractivity contribution in [2.24, 2.45) is 0 Å². The Morgan fingerprint density at radius 1 is 1.19 bits per heavy atom. The van der Waals surface area contributed by atoms with Crippen molar-refractivity contribution in [2.75, 3.05) is 11.9 Å². The normalized spacial score (nSPS) is 10.5. The fourth-order valence-electron chi connectivity index (χ4n) is 1.96. The van der Waals surface area contributed by atoms with Crippen molar-refractivity contribution in [3.63, 3.8) is 0 Å². The van der Waals surface area contributed by atoms with E-state index in [1.165, 1.54) is 12.1 Å². The van der Waals surface area contributed by atoms with E-state index >= 15 is 0 Å². The maximum absolute atomic E-state index is 13.0. The van der Waals surface area contributed by atoms with Crippen LogP contribution in [0.15, 0.2) is 36.4 Å². The second-order valence-electron chi connectivity index (χ2n) is 4.94. The Bertz CT molecular complexity index is 616. The summed E-state index contributed by atoms with van der Waals surface area (Å²) in [6, 6.07) is 10.4. The van der Waals surface area contributed by atoms with Crippen LogP contribution in [-0.4, -0.2) is 6.61 Å². The number of hydrogen-bond donors (Lipinski definition) is 1. The number of rotatable bonds is 6. The van der Waals surface area contributed by atoms with E-state index in [0.29, 0.717) is 18.2 Å². The molecule has 4 heteroatoms. The lowest BCUT2D eigenvalue weighted by Gasteiger charge is -2.14. The van der Waals surface area contributed by atoms with Crippen molar-refractivity contribution >= 4 is 17.3 Å². The van der Waals surface area contributed by atoms with Gasteiger partial charge in [0.05, 0.1) is 12.3 Å². The van der Waals surface area contributed by atoms with Crippen molar-refractivity contribution in [3.8, 4) is 5.75 Å². The lowest BCUT2D eigenvalue weighted by atomic mass is 10.2. The monoisotopic (exact) mass is 307 g/mol. The van der Waals surface area contributed by atoms with Crippen LogP contribution in [0.4, 0.5) is 10.1 Å². The first kappa shape index (κ1) is 15.6. The zero-order valence-corrected chi connectivity index (χ0v) is 13.0. The van der Waals surface area contributed by atoms with Crippen molar-refractivity contribution in [2.45, 2.75) is 26.8 Å². The third kappa shape index (κ3) is 4.36. The molecule has 1 N–H and O–H groups in total. The number of benzene rings is 2. The lowest BCUT2D eigenvalue weighted by Crippen LogP contribution is -2.04. The van der Waals surface area contributed by atoms with Gasteiger partial charge in [0.2, 0.25) is 0 Å². The summed E-state index contributed by atoms with van der Waals surface area (Å²) in [6.45, 7) is 5.29. The molecule has 0 saturated carbocycles. The zero-order chi connectivity index (χ0) is 15.2. The molecule has 0 saturated heterocycles. The molecule has 21 heavy (non-hydrogen) atoms. The van der Waals surface area contributed by atoms with Gasteiger partial charge in [-0.15, -0.1) is 0 Å². The quantitative estimate of drug-likeness (QED) is 0.793. The molecule has 2 aromatic carbocycles. The summed E-state index contributed by atoms with van der Waals surface area (Å²) in [5.74, 6) is 0.501. The maximum Gasteiger partial charge on any atom is 0.142 e. The largest absolute Gasteiger partial charge is 0.491 e. The fraction of sp³-hybridized carbons (Fsp3) is 0.294. The molecule has 0 atom stereocenters. The molecule has 2 aromatic rings. The van der Waals surface area contributed by atoms with Gasteiger partial charge in [-0.1, -0.05) is 30.7 Å². The second-order valence-corrected chi connectivity index (χ2v) is 5.34. The van der Waals surface area contributed by atoms with Gasteiger partial charge in [-0.05, 0) is 48.7 Å². The number of aryl methyl sites for hydroxylation is 1. The predicted octanol–water partition coefficient (Wildman–Crippen LogP) is 5.19. The minimum absolute atomic E-state index is 0.328. The average Bonchev–Trinajstić information content (AvgIpc) is 2.45. The molecule has 2 rings (SSSR count). The van der Waals surface area contributed by atoms with E-state index < -0.39 is 0 Å². The van der Waals surface area contributed by atoms with E-state index in [4.69, 9.17) is 16.3 Å². The Labute approximate surface area is 129 Å². The molecule has 0 heterocycles. The SMILES string of the molecule is CCCOc1cc(C)ccc1NCc1ccc(F)cc1Cl. The van der Waals surface area contributed by atoms with Crippen LogP contribution in [0.3, 0.4) is 0 Å². The molecule has 0 unspecified atom stereocenters. The molecule has 2 nitrogen and oxygen atoms in total. The Morgan fingerprint density at radius 3 is 2.71 bits per heavy atom. The third-order valence-electron chi connectivity index (χ3n) is 3.08. The topological polar surface area (TPSA) is 21.3 Å². The standard InChI is InChI=1S/C17H19ClFNO/c1-3-8-21-17-9-12(2)4-7-16(17)20-11-13-5-6-14(19)10-15(13)18/h4-7,9-10,20H,3,8,11H2,1-2H3. The number of halogens is 2. The van der Waals surface area contributed by atoms with Crippen LogP contribution in [0.5, 0.6) is 5.75 Å². The van der Waals surface area contributed by atoms with Gasteiger partial charge >= 0.3 is 0 Å². The Hall–Kier alpha value is -1.74. The highest BCUT2D eigenvalue weighted by atomic mass is 35.5. The number of nitrogens with one attached hydrogen (secondary N) is 1. The van der Waals surface area contributed by atoms with Crippen LogP contribution < -0.4 is 10.1 Å². The molecule has 0 aliphatic rings. The smallest absolute Gasteiger partial charge is 0.142 e. The summed E-state index contributed by atoms with van der Waals surface area (Å²) in [6.07, 6.45) is 0.956. The van der Waals surface area contributed by atoms with Crippen LogP contribution in [-0.2, 0) is 6.54 Å². The molecule has 112 valence electrons. The van der Waals surface area contributed by atoms with Gasteiger partial charge < -0.3 is 10.1 Å². The third-order valence-corrected chi connectivity index (χ3v) is 3.44. The summed E-state index contributed by atoms with van der Waals surface area (Å²) in [4.78, 5) is 0. The van der Waals surface area contributed by atoms with Gasteiger partial charge in [0.15, 0.2) is 0 Å². The molecule has 0 spiro atoms. The molecule has 0 amide bonds. The second kappa shape index (κ2) is 7.32. The molecule has 0 radical (unpaired) electrons. The maximum atomic E-state index is 13.0. The molecule has 0 fully saturated rings. The number of anilines is 1. The summed E-state index contributed by atoms with van der Waals surface area (Å²) in [7, 11) is 0. The number of ether oxygens (including phenoxy) is 1. The highest BCUT2D eigenvalue weighted by Gasteiger charge is 2.06. The van der Waals surface area contributed by atoms with E-state index in [9.17, 15) is 4.39 Å². The zero-order valence-electron chi connectivity index (χ0n) is 12.2. The Kier molecular flexibility index (Phi) is 5.45. The molecule has 0 bridgehead atoms. The molecule has 0 aromatic heterocycles. The van der Waals surface area contributed by atoms with E-state index in [2.05, 4.69) is 12.2 Å². The fourth-order valence-corrected chi connectivity index (χ4v) is 2.20. The highest BCUT2D eigenvalue weighted by Crippen LogP contribution is 2.27. The van der Waals surface area contributed by atoms with Crippen molar-refractivity contribution in [1.82, 2.24) is 0 Å². The molecule has 0 aliphatic heterocycles. The van der Waals surface area contributed by atoms with Crippen LogP contribution in [0.2, 0.25) is 5.02 Å². The molecule has 0 aliphatic carbocycles. The van der Waals surface area contributed by atoms with Gasteiger partial charge in [0.25, 0.3) is 0 Å². The van der Waals surface area contributed by atoms with Crippen molar-refractivity contribution < 1.29 is 9.13 Å². The van der Waals surface area contributed by atoms with E-state index in [1.54, 1.807) is 6.07 Å². The van der Waals surface area contributed by atoms with Crippen LogP contribution in [0, 0.1) is 12.7 Å². The Balaban J connectivity index is 2.11. The minimum atomic E-state index is -0.328. The molecular weight excluding hydrogens is 289 g/mol. The first-order valence-corrected chi connectivity index (χ1v) is 7.39. The summed E-state index contributed by atoms with van der Waals surface area (Å²) >= 11 is 6.03. The van der Waals surface area contributed by atoms with Crippen LogP contribution in [0.25, 0.3) is 0 Å². The number of hydrogen-bond acceptors (Lipinski definition) is 2. The first-order chi connectivity index (χ1) is 10.1. The summed E-state index contributed by atoms with van der Waals surface area (Å²) in [5, 5.41) is 3.72. The minimum Gasteiger partial charge on any atom is -0.491 e. The van der Waals surface area contributed by atoms with E-state index in [0.717, 1.165) is 29.0 Å². The van der Waals surface area contributed by atoms with Gasteiger partial charge in [-0.3, -0.25) is 0 Å². The predicted molar refractivity (Wildman–Crippen MR) is 85.7 cm³/mol. The van der Waals surface area contributed by atoms with Crippen molar-refractivity contribution in [1.29, 1.82) is 0 Å². The Morgan fingerprint density at radius 2 is 2.00 bits per heavy atom. The first-order valence-electron chi connectivity index (χ1n) is 7.01. The van der Waals surface area contributed by atoms with E-state index in [-0.39, 0.29) is 5.82 Å². The van der Waals surface area contributed by atoms with Crippen molar-refractivity contribution in [3.05, 3.63) is 58.4 Å². The van der Waals surface area contributed by atoms with Gasteiger partial charge in [-0.2, -0.15) is 0 Å². The summed E-state index contributed by atoms with van der Waals surface area (Å²) in [5.41, 5.74) is 2.90. The average molecular weight is 308 g/mol. The van der Waals surface area contributed by atoms with Gasteiger partial charge in [0, 0.05) is 11.6 Å².